The molecule has 0 spiro atoms. The van der Waals surface area contributed by atoms with Gasteiger partial charge in [-0.1, -0.05) is 69.2 Å². The Morgan fingerprint density at radius 2 is 0.889 bits per heavy atom. The Morgan fingerprint density at radius 1 is 0.463 bits per heavy atom. The molecule has 6 aromatic rings. The number of unbranched alkanes of at least 4 members (excludes halogenated alkanes) is 1. The fourth-order valence-electron chi connectivity index (χ4n) is 7.30. The highest BCUT2D eigenvalue weighted by Gasteiger charge is 2.18. The molecule has 278 valence electrons. The average molecular weight is 715 g/mol. The van der Waals surface area contributed by atoms with Crippen LogP contribution >= 0.6 is 0 Å². The van der Waals surface area contributed by atoms with E-state index in [0.29, 0.717) is 0 Å². The third kappa shape index (κ3) is 8.56. The van der Waals surface area contributed by atoms with E-state index in [1.807, 2.05) is 0 Å². The fraction of sp³-hybridized carbons (Fsp3) is 0.280. The first kappa shape index (κ1) is 38.4. The molecule has 0 saturated heterocycles. The normalized spacial score (nSPS) is 11.7. The molecule has 0 bridgehead atoms. The van der Waals surface area contributed by atoms with Crippen LogP contribution in [-0.2, 0) is 0 Å². The number of benzene rings is 6. The number of hydrogen-bond acceptors (Lipinski definition) is 4. The molecule has 6 aromatic carbocycles. The Labute approximate surface area is 324 Å². The van der Waals surface area contributed by atoms with Crippen molar-refractivity contribution in [2.75, 3.05) is 21.7 Å². The van der Waals surface area contributed by atoms with Crippen LogP contribution in [0.3, 0.4) is 0 Å². The number of nitrogens with one attached hydrogen (secondary N) is 1. The number of rotatable bonds is 14. The standard InChI is InChI=1S/C50H58N4/c1-9-11-29-52-50-28-26-47(33-39(50)8)54(45-20-14-35(4)37(6)31-45)43-23-17-41(18-24-43)40-15-21-42(22-16-40)53(44-19-13-34(3)36(5)30-44)46-25-27-48(38(7)32-46)49(51)12-10-2/h13-28,30-33,49,52H,9-12,29,51H2,1-8H3. The second-order valence-electron chi connectivity index (χ2n) is 15.0. The van der Waals surface area contributed by atoms with Crippen LogP contribution in [0, 0.1) is 41.5 Å². The van der Waals surface area contributed by atoms with Crippen LogP contribution in [0.5, 0.6) is 0 Å². The van der Waals surface area contributed by atoms with E-state index in [1.54, 1.807) is 0 Å². The van der Waals surface area contributed by atoms with Crippen LogP contribution in [-0.4, -0.2) is 6.54 Å². The molecular weight excluding hydrogens is 657 g/mol. The lowest BCUT2D eigenvalue weighted by Gasteiger charge is -2.28. The largest absolute Gasteiger partial charge is 0.385 e. The zero-order valence-electron chi connectivity index (χ0n) is 33.6. The molecule has 0 saturated carbocycles. The van der Waals surface area contributed by atoms with Crippen molar-refractivity contribution in [1.82, 2.24) is 0 Å². The number of hydrogen-bond donors (Lipinski definition) is 2. The van der Waals surface area contributed by atoms with Crippen LogP contribution in [0.4, 0.5) is 39.8 Å². The average Bonchev–Trinajstić information content (AvgIpc) is 3.16. The van der Waals surface area contributed by atoms with Gasteiger partial charge < -0.3 is 20.9 Å². The van der Waals surface area contributed by atoms with Gasteiger partial charge in [-0.05, 0) is 183 Å². The van der Waals surface area contributed by atoms with E-state index in [0.717, 1.165) is 59.9 Å². The maximum absolute atomic E-state index is 6.57. The van der Waals surface area contributed by atoms with Gasteiger partial charge in [0.15, 0.2) is 0 Å². The van der Waals surface area contributed by atoms with E-state index < -0.39 is 0 Å². The summed E-state index contributed by atoms with van der Waals surface area (Å²) in [6.07, 6.45) is 4.40. The molecule has 0 aliphatic heterocycles. The van der Waals surface area contributed by atoms with Crippen molar-refractivity contribution in [1.29, 1.82) is 0 Å². The highest BCUT2D eigenvalue weighted by Crippen LogP contribution is 2.40. The smallest absolute Gasteiger partial charge is 0.0465 e. The molecule has 0 fully saturated rings. The minimum atomic E-state index is 0.0557. The first-order chi connectivity index (χ1) is 26.1. The lowest BCUT2D eigenvalue weighted by atomic mass is 9.97. The first-order valence-electron chi connectivity index (χ1n) is 19.7. The van der Waals surface area contributed by atoms with Gasteiger partial charge in [0.05, 0.1) is 0 Å². The van der Waals surface area contributed by atoms with Crippen LogP contribution < -0.4 is 20.9 Å². The maximum Gasteiger partial charge on any atom is 0.0465 e. The molecule has 0 aromatic heterocycles. The summed E-state index contributed by atoms with van der Waals surface area (Å²) in [6, 6.07) is 45.0. The van der Waals surface area contributed by atoms with Gasteiger partial charge in [-0.3, -0.25) is 0 Å². The fourth-order valence-corrected chi connectivity index (χ4v) is 7.30. The zero-order valence-corrected chi connectivity index (χ0v) is 33.6. The van der Waals surface area contributed by atoms with Crippen LogP contribution in [0.1, 0.15) is 84.5 Å². The second kappa shape index (κ2) is 17.2. The zero-order chi connectivity index (χ0) is 38.4. The van der Waals surface area contributed by atoms with Crippen molar-refractivity contribution in [3.05, 3.63) is 160 Å². The summed E-state index contributed by atoms with van der Waals surface area (Å²) in [5.41, 5.74) is 25.8. The van der Waals surface area contributed by atoms with Crippen molar-refractivity contribution in [2.45, 2.75) is 87.1 Å². The van der Waals surface area contributed by atoms with E-state index >= 15 is 0 Å². The number of anilines is 7. The Morgan fingerprint density at radius 3 is 1.31 bits per heavy atom. The molecule has 0 aliphatic rings. The van der Waals surface area contributed by atoms with Crippen LogP contribution in [0.15, 0.2) is 121 Å². The van der Waals surface area contributed by atoms with E-state index in [-0.39, 0.29) is 6.04 Å². The summed E-state index contributed by atoms with van der Waals surface area (Å²) in [7, 11) is 0. The monoisotopic (exact) mass is 714 g/mol. The molecule has 1 unspecified atom stereocenters. The summed E-state index contributed by atoms with van der Waals surface area (Å²) in [5, 5.41) is 3.62. The van der Waals surface area contributed by atoms with Crippen molar-refractivity contribution < 1.29 is 0 Å². The molecular formula is C50H58N4. The lowest BCUT2D eigenvalue weighted by molar-refractivity contribution is 0.635. The van der Waals surface area contributed by atoms with Gasteiger partial charge in [0.2, 0.25) is 0 Å². The molecule has 0 radical (unpaired) electrons. The van der Waals surface area contributed by atoms with Gasteiger partial charge in [0, 0.05) is 52.4 Å². The minimum absolute atomic E-state index is 0.0557. The Balaban J connectivity index is 1.33. The molecule has 0 heterocycles. The van der Waals surface area contributed by atoms with Gasteiger partial charge in [-0.25, -0.2) is 0 Å². The summed E-state index contributed by atoms with van der Waals surface area (Å²) in [6.45, 7) is 18.5. The van der Waals surface area contributed by atoms with Crippen LogP contribution in [0.25, 0.3) is 11.1 Å². The molecule has 0 aliphatic carbocycles. The highest BCUT2D eigenvalue weighted by molar-refractivity contribution is 5.82. The molecule has 6 rings (SSSR count). The van der Waals surface area contributed by atoms with Gasteiger partial charge in [0.1, 0.15) is 0 Å². The van der Waals surface area contributed by atoms with Gasteiger partial charge in [-0.15, -0.1) is 0 Å². The van der Waals surface area contributed by atoms with Gasteiger partial charge in [0.25, 0.3) is 0 Å². The quantitative estimate of drug-likeness (QED) is 0.110. The molecule has 3 N–H and O–H groups in total. The van der Waals surface area contributed by atoms with E-state index in [2.05, 4.69) is 192 Å². The predicted octanol–water partition coefficient (Wildman–Crippen LogP) is 14.2. The molecule has 4 nitrogen and oxygen atoms in total. The summed E-state index contributed by atoms with van der Waals surface area (Å²) in [4.78, 5) is 4.72. The Bertz CT molecular complexity index is 2180. The second-order valence-corrected chi connectivity index (χ2v) is 15.0. The Hall–Kier alpha value is -5.32. The molecule has 0 amide bonds. The highest BCUT2D eigenvalue weighted by atomic mass is 15.1. The minimum Gasteiger partial charge on any atom is -0.385 e. The summed E-state index contributed by atoms with van der Waals surface area (Å²) >= 11 is 0. The van der Waals surface area contributed by atoms with Crippen molar-refractivity contribution in [3.8, 4) is 11.1 Å². The van der Waals surface area contributed by atoms with E-state index in [1.165, 1.54) is 62.2 Å². The number of aryl methyl sites for hydroxylation is 6. The van der Waals surface area contributed by atoms with E-state index in [9.17, 15) is 0 Å². The third-order valence-electron chi connectivity index (χ3n) is 10.9. The predicted molar refractivity (Wildman–Crippen MR) is 235 cm³/mol. The number of nitrogens with two attached hydrogens (primary N) is 1. The maximum atomic E-state index is 6.57. The summed E-state index contributed by atoms with van der Waals surface area (Å²) < 4.78 is 0. The first-order valence-corrected chi connectivity index (χ1v) is 19.7. The van der Waals surface area contributed by atoms with Crippen molar-refractivity contribution in [3.63, 3.8) is 0 Å². The van der Waals surface area contributed by atoms with Crippen molar-refractivity contribution in [2.24, 2.45) is 5.73 Å². The molecule has 4 heteroatoms. The SMILES string of the molecule is CCCCNc1ccc(N(c2ccc(-c3ccc(N(c4ccc(C)c(C)c4)c4ccc(C(N)CCC)c(C)c4)cc3)cc2)c2ccc(C)c(C)c2)cc1C. The Kier molecular flexibility index (Phi) is 12.2. The van der Waals surface area contributed by atoms with Gasteiger partial charge >= 0.3 is 0 Å². The van der Waals surface area contributed by atoms with Gasteiger partial charge in [-0.2, -0.15) is 0 Å². The molecule has 1 atom stereocenters. The van der Waals surface area contributed by atoms with Crippen molar-refractivity contribution >= 4 is 39.8 Å². The third-order valence-corrected chi connectivity index (χ3v) is 10.9. The van der Waals surface area contributed by atoms with Crippen LogP contribution in [0.2, 0.25) is 0 Å². The van der Waals surface area contributed by atoms with E-state index in [4.69, 9.17) is 5.73 Å². The topological polar surface area (TPSA) is 44.5 Å². The lowest BCUT2D eigenvalue weighted by Crippen LogP contribution is -2.14. The number of nitrogens with zero attached hydrogens (tertiary/aromatic N) is 2. The molecule has 54 heavy (non-hydrogen) atoms. The summed E-state index contributed by atoms with van der Waals surface area (Å²) in [5.74, 6) is 0.